The number of hydrogen-bond acceptors (Lipinski definition) is 4. The van der Waals surface area contributed by atoms with Gasteiger partial charge in [0, 0.05) is 6.92 Å². The zero-order chi connectivity index (χ0) is 8.20. The minimum Gasteiger partial charge on any atom is -0.342 e. The van der Waals surface area contributed by atoms with Crippen LogP contribution in [0.5, 0.6) is 0 Å². The van der Waals surface area contributed by atoms with E-state index in [0.717, 1.165) is 0 Å². The second-order valence-electron chi connectivity index (χ2n) is 1.92. The Balaban J connectivity index is 3.21. The summed E-state index contributed by atoms with van der Waals surface area (Å²) in [6.45, 7) is 3.83. The van der Waals surface area contributed by atoms with Gasteiger partial charge in [0.1, 0.15) is 12.7 Å². The molecule has 0 heterocycles. The monoisotopic (exact) mass is 150 g/mol. The molecule has 0 aliphatic heterocycles. The Morgan fingerprint density at radius 2 is 2.20 bits per heavy atom. The van der Waals surface area contributed by atoms with Gasteiger partial charge in [0.25, 0.3) is 0 Å². The molecule has 0 saturated heterocycles. The second kappa shape index (κ2) is 3.85. The lowest BCUT2D eigenvalue weighted by atomic mass is 10.5. The Hall–Kier alpha value is -0.200. The van der Waals surface area contributed by atoms with Crippen LogP contribution in [0.15, 0.2) is 0 Å². The van der Waals surface area contributed by atoms with E-state index in [1.165, 1.54) is 6.92 Å². The molecule has 2 radical (unpaired) electrons. The van der Waals surface area contributed by atoms with Crippen molar-refractivity contribution in [1.82, 2.24) is 0 Å². The Morgan fingerprint density at radius 1 is 1.70 bits per heavy atom. The van der Waals surface area contributed by atoms with Crippen LogP contribution in [0.3, 0.4) is 0 Å². The highest BCUT2D eigenvalue weighted by molar-refractivity contribution is 4.46. The van der Waals surface area contributed by atoms with Gasteiger partial charge in [-0.05, 0) is 6.92 Å². The van der Waals surface area contributed by atoms with Gasteiger partial charge in [-0.2, -0.15) is 4.89 Å². The average molecular weight is 150 g/mol. The summed E-state index contributed by atoms with van der Waals surface area (Å²) in [7, 11) is 0. The molecule has 0 aliphatic carbocycles. The molecule has 10 heavy (non-hydrogen) atoms. The summed E-state index contributed by atoms with van der Waals surface area (Å²) < 4.78 is 0. The molecular weight excluding hydrogens is 140 g/mol. The molecule has 0 aliphatic rings. The smallest absolute Gasteiger partial charge is 0.307 e. The molecule has 1 unspecified atom stereocenters. The molecule has 1 atom stereocenters. The highest BCUT2D eigenvalue weighted by Crippen LogP contribution is 1.99. The highest BCUT2D eigenvalue weighted by atomic mass is 17.2. The zero-order valence-electron chi connectivity index (χ0n) is 5.61. The first kappa shape index (κ1) is 9.80. The third-order valence-corrected chi connectivity index (χ3v) is 0.495. The summed E-state index contributed by atoms with van der Waals surface area (Å²) in [6.07, 6.45) is -0.970. The number of rotatable bonds is 4. The minimum absolute atomic E-state index is 0.252. The van der Waals surface area contributed by atoms with Crippen LogP contribution in [-0.4, -0.2) is 28.9 Å². The largest absolute Gasteiger partial charge is 0.342 e. The van der Waals surface area contributed by atoms with Gasteiger partial charge in [0.15, 0.2) is 0 Å². The molecule has 0 aromatic heterocycles. The van der Waals surface area contributed by atoms with Crippen LogP contribution in [0.2, 0.25) is 0 Å². The van der Waals surface area contributed by atoms with Gasteiger partial charge in [-0.25, -0.2) is 9.99 Å². The van der Waals surface area contributed by atoms with E-state index < -0.39 is 12.1 Å². The fourth-order valence-corrected chi connectivity index (χ4v) is 0.224. The summed E-state index contributed by atoms with van der Waals surface area (Å²) >= 11 is 0. The fourth-order valence-electron chi connectivity index (χ4n) is 0.224. The van der Waals surface area contributed by atoms with Crippen molar-refractivity contribution in [3.05, 3.63) is 6.92 Å². The van der Waals surface area contributed by atoms with Crippen LogP contribution in [0.4, 0.5) is 0 Å². The Morgan fingerprint density at radius 3 is 2.50 bits per heavy atom. The lowest BCUT2D eigenvalue weighted by Crippen LogP contribution is -2.29. The zero-order valence-corrected chi connectivity index (χ0v) is 5.61. The van der Waals surface area contributed by atoms with Gasteiger partial charge in [-0.1, -0.05) is 0 Å². The van der Waals surface area contributed by atoms with Crippen LogP contribution in [0, 0.1) is 6.92 Å². The van der Waals surface area contributed by atoms with Crippen LogP contribution in [0.25, 0.3) is 0 Å². The van der Waals surface area contributed by atoms with Gasteiger partial charge in [-0.3, -0.25) is 0 Å². The van der Waals surface area contributed by atoms with E-state index in [1.54, 1.807) is 0 Å². The van der Waals surface area contributed by atoms with Gasteiger partial charge in [0.05, 0.1) is 0 Å². The first-order chi connectivity index (χ1) is 4.42. The van der Waals surface area contributed by atoms with Crippen molar-refractivity contribution in [2.45, 2.75) is 19.0 Å². The summed E-state index contributed by atoms with van der Waals surface area (Å²) in [6, 6.07) is 0. The Kier molecular flexibility index (Phi) is 3.77. The topological polar surface area (TPSA) is 78.8 Å². The third kappa shape index (κ3) is 7.80. The molecule has 2 N–H and O–H groups in total. The molecule has 0 saturated carbocycles. The Bertz CT molecular complexity index is 84.5. The SMILES string of the molecule is [CH2]C(O)(O)OOCC(C)[O]. The van der Waals surface area contributed by atoms with Gasteiger partial charge in [-0.15, -0.1) is 0 Å². The molecule has 5 nitrogen and oxygen atoms in total. The van der Waals surface area contributed by atoms with E-state index in [2.05, 4.69) is 16.7 Å². The molecular formula is C5H10O5. The van der Waals surface area contributed by atoms with E-state index >= 15 is 0 Å². The van der Waals surface area contributed by atoms with Gasteiger partial charge >= 0.3 is 5.97 Å². The van der Waals surface area contributed by atoms with Crippen LogP contribution in [-0.2, 0) is 14.9 Å². The van der Waals surface area contributed by atoms with Crippen LogP contribution < -0.4 is 0 Å². The first-order valence-corrected chi connectivity index (χ1v) is 2.68. The molecule has 0 fully saturated rings. The van der Waals surface area contributed by atoms with Crippen molar-refractivity contribution in [2.75, 3.05) is 6.61 Å². The van der Waals surface area contributed by atoms with Crippen molar-refractivity contribution >= 4 is 0 Å². The molecule has 0 rings (SSSR count). The maximum Gasteiger partial charge on any atom is 0.307 e. The normalized spacial score (nSPS) is 15.3. The van der Waals surface area contributed by atoms with E-state index in [-0.39, 0.29) is 6.61 Å². The second-order valence-corrected chi connectivity index (χ2v) is 1.92. The van der Waals surface area contributed by atoms with Crippen molar-refractivity contribution in [1.29, 1.82) is 0 Å². The van der Waals surface area contributed by atoms with Crippen molar-refractivity contribution in [3.8, 4) is 0 Å². The number of aliphatic hydroxyl groups is 2. The molecule has 0 bridgehead atoms. The summed E-state index contributed by atoms with van der Waals surface area (Å²) in [4.78, 5) is 7.92. The quantitative estimate of drug-likeness (QED) is 0.313. The predicted molar refractivity (Wildman–Crippen MR) is 29.7 cm³/mol. The lowest BCUT2D eigenvalue weighted by Gasteiger charge is -2.14. The van der Waals surface area contributed by atoms with E-state index in [1.807, 2.05) is 0 Å². The first-order valence-electron chi connectivity index (χ1n) is 2.68. The number of hydrogen-bond donors (Lipinski definition) is 2. The average Bonchev–Trinajstić information content (AvgIpc) is 1.59. The summed E-state index contributed by atoms with van der Waals surface area (Å²) in [5, 5.41) is 26.9. The van der Waals surface area contributed by atoms with Gasteiger partial charge < -0.3 is 10.2 Å². The lowest BCUT2D eigenvalue weighted by molar-refractivity contribution is -0.472. The minimum atomic E-state index is -2.57. The van der Waals surface area contributed by atoms with E-state index in [0.29, 0.717) is 0 Å². The summed E-state index contributed by atoms with van der Waals surface area (Å²) in [5.41, 5.74) is 0. The molecule has 0 spiro atoms. The molecule has 0 aromatic rings. The standard InChI is InChI=1S/C5H10O5/c1-4(6)3-9-10-5(2,7)8/h4,7-8H,2-3H2,1H3. The Labute approximate surface area is 58.7 Å². The molecule has 5 heteroatoms. The summed E-state index contributed by atoms with van der Waals surface area (Å²) in [5.74, 6) is -2.57. The highest BCUT2D eigenvalue weighted by Gasteiger charge is 2.17. The van der Waals surface area contributed by atoms with Crippen molar-refractivity contribution in [3.63, 3.8) is 0 Å². The molecule has 60 valence electrons. The fraction of sp³-hybridized carbons (Fsp3) is 0.800. The maximum atomic E-state index is 10.2. The van der Waals surface area contributed by atoms with Gasteiger partial charge in [0.2, 0.25) is 0 Å². The van der Waals surface area contributed by atoms with Crippen molar-refractivity contribution in [2.24, 2.45) is 0 Å². The maximum absolute atomic E-state index is 10.2. The van der Waals surface area contributed by atoms with E-state index in [9.17, 15) is 5.11 Å². The van der Waals surface area contributed by atoms with Crippen LogP contribution >= 0.6 is 0 Å². The van der Waals surface area contributed by atoms with E-state index in [4.69, 9.17) is 10.2 Å². The van der Waals surface area contributed by atoms with Crippen molar-refractivity contribution < 1.29 is 25.1 Å². The molecule has 0 amide bonds. The van der Waals surface area contributed by atoms with Crippen LogP contribution in [0.1, 0.15) is 6.92 Å². The third-order valence-electron chi connectivity index (χ3n) is 0.495. The molecule has 0 aromatic carbocycles. The predicted octanol–water partition coefficient (Wildman–Crippen LogP) is -0.774.